The average molecular weight is 171 g/mol. The first-order chi connectivity index (χ1) is 5.70. The van der Waals surface area contributed by atoms with Gasteiger partial charge in [0, 0.05) is 19.8 Å². The standard InChI is InChI=1S/C10H21NO/c1-5-11-10(6-7-12-4)8-9(2)3/h8,10-11H,5-7H2,1-4H3. The van der Waals surface area contributed by atoms with Crippen LogP contribution in [0.3, 0.4) is 0 Å². The molecule has 0 bridgehead atoms. The molecule has 0 amide bonds. The second-order valence-corrected chi connectivity index (χ2v) is 3.19. The van der Waals surface area contributed by atoms with Crippen molar-refractivity contribution in [3.63, 3.8) is 0 Å². The van der Waals surface area contributed by atoms with E-state index in [2.05, 4.69) is 32.2 Å². The van der Waals surface area contributed by atoms with Gasteiger partial charge in [-0.2, -0.15) is 0 Å². The van der Waals surface area contributed by atoms with Gasteiger partial charge < -0.3 is 10.1 Å². The maximum atomic E-state index is 5.03. The lowest BCUT2D eigenvalue weighted by Crippen LogP contribution is -2.28. The predicted octanol–water partition coefficient (Wildman–Crippen LogP) is 1.97. The van der Waals surface area contributed by atoms with Crippen LogP contribution in [0.4, 0.5) is 0 Å². The molecule has 0 aromatic rings. The summed E-state index contributed by atoms with van der Waals surface area (Å²) in [5.74, 6) is 0. The normalized spacial score (nSPS) is 12.7. The zero-order valence-corrected chi connectivity index (χ0v) is 8.68. The maximum Gasteiger partial charge on any atom is 0.0480 e. The van der Waals surface area contributed by atoms with Crippen LogP contribution in [0.25, 0.3) is 0 Å². The zero-order chi connectivity index (χ0) is 9.40. The highest BCUT2D eigenvalue weighted by molar-refractivity contribution is 5.00. The monoisotopic (exact) mass is 171 g/mol. The van der Waals surface area contributed by atoms with Crippen molar-refractivity contribution in [2.24, 2.45) is 0 Å². The summed E-state index contributed by atoms with van der Waals surface area (Å²) >= 11 is 0. The summed E-state index contributed by atoms with van der Waals surface area (Å²) in [6.07, 6.45) is 3.30. The van der Waals surface area contributed by atoms with Crippen molar-refractivity contribution in [3.05, 3.63) is 11.6 Å². The lowest BCUT2D eigenvalue weighted by Gasteiger charge is -2.13. The number of allylic oxidation sites excluding steroid dienone is 1. The summed E-state index contributed by atoms with van der Waals surface area (Å²) in [6, 6.07) is 0.472. The Bertz CT molecular complexity index is 128. The fourth-order valence-electron chi connectivity index (χ4n) is 1.15. The van der Waals surface area contributed by atoms with Crippen molar-refractivity contribution in [2.45, 2.75) is 33.2 Å². The van der Waals surface area contributed by atoms with Gasteiger partial charge in [-0.05, 0) is 26.8 Å². The number of likely N-dealkylation sites (N-methyl/N-ethyl adjacent to an activating group) is 1. The van der Waals surface area contributed by atoms with E-state index in [1.165, 1.54) is 5.57 Å². The number of methoxy groups -OCH3 is 1. The molecule has 1 atom stereocenters. The summed E-state index contributed by atoms with van der Waals surface area (Å²) in [5.41, 5.74) is 1.36. The molecule has 0 fully saturated rings. The minimum absolute atomic E-state index is 0.472. The first-order valence-corrected chi connectivity index (χ1v) is 4.58. The third-order valence-electron chi connectivity index (χ3n) is 1.63. The van der Waals surface area contributed by atoms with Gasteiger partial charge in [0.05, 0.1) is 0 Å². The summed E-state index contributed by atoms with van der Waals surface area (Å²) in [5, 5.41) is 3.39. The Morgan fingerprint density at radius 1 is 1.50 bits per heavy atom. The minimum Gasteiger partial charge on any atom is -0.385 e. The predicted molar refractivity (Wildman–Crippen MR) is 53.4 cm³/mol. The molecule has 0 radical (unpaired) electrons. The van der Waals surface area contributed by atoms with Gasteiger partial charge in [0.25, 0.3) is 0 Å². The van der Waals surface area contributed by atoms with Crippen LogP contribution >= 0.6 is 0 Å². The van der Waals surface area contributed by atoms with Crippen molar-refractivity contribution in [1.29, 1.82) is 0 Å². The number of rotatable bonds is 6. The third-order valence-corrected chi connectivity index (χ3v) is 1.63. The largest absolute Gasteiger partial charge is 0.385 e. The Labute approximate surface area is 76.0 Å². The van der Waals surface area contributed by atoms with Crippen molar-refractivity contribution >= 4 is 0 Å². The highest BCUT2D eigenvalue weighted by Gasteiger charge is 2.01. The molecule has 0 heterocycles. The minimum atomic E-state index is 0.472. The summed E-state index contributed by atoms with van der Waals surface area (Å²) in [4.78, 5) is 0. The second-order valence-electron chi connectivity index (χ2n) is 3.19. The molecule has 72 valence electrons. The molecule has 0 aromatic carbocycles. The van der Waals surface area contributed by atoms with E-state index in [4.69, 9.17) is 4.74 Å². The Balaban J connectivity index is 3.78. The van der Waals surface area contributed by atoms with E-state index in [1.807, 2.05) is 0 Å². The van der Waals surface area contributed by atoms with E-state index < -0.39 is 0 Å². The highest BCUT2D eigenvalue weighted by atomic mass is 16.5. The van der Waals surface area contributed by atoms with Crippen molar-refractivity contribution in [2.75, 3.05) is 20.3 Å². The molecule has 0 rings (SSSR count). The lowest BCUT2D eigenvalue weighted by molar-refractivity contribution is 0.188. The van der Waals surface area contributed by atoms with E-state index in [-0.39, 0.29) is 0 Å². The van der Waals surface area contributed by atoms with E-state index in [0.29, 0.717) is 6.04 Å². The first kappa shape index (κ1) is 11.7. The van der Waals surface area contributed by atoms with Crippen LogP contribution in [-0.4, -0.2) is 26.3 Å². The Morgan fingerprint density at radius 2 is 2.17 bits per heavy atom. The van der Waals surface area contributed by atoms with Crippen LogP contribution in [0, 0.1) is 0 Å². The molecular formula is C10H21NO. The molecule has 2 nitrogen and oxygen atoms in total. The van der Waals surface area contributed by atoms with Crippen LogP contribution in [0.15, 0.2) is 11.6 Å². The number of hydrogen-bond acceptors (Lipinski definition) is 2. The zero-order valence-electron chi connectivity index (χ0n) is 8.68. The quantitative estimate of drug-likeness (QED) is 0.617. The SMILES string of the molecule is CCNC(C=C(C)C)CCOC. The van der Waals surface area contributed by atoms with E-state index in [1.54, 1.807) is 7.11 Å². The number of nitrogens with one attached hydrogen (secondary N) is 1. The number of ether oxygens (including phenoxy) is 1. The van der Waals surface area contributed by atoms with Crippen LogP contribution in [-0.2, 0) is 4.74 Å². The lowest BCUT2D eigenvalue weighted by atomic mass is 10.1. The molecule has 2 heteroatoms. The van der Waals surface area contributed by atoms with Gasteiger partial charge in [0.1, 0.15) is 0 Å². The topological polar surface area (TPSA) is 21.3 Å². The fourth-order valence-corrected chi connectivity index (χ4v) is 1.15. The third kappa shape index (κ3) is 6.38. The molecule has 12 heavy (non-hydrogen) atoms. The van der Waals surface area contributed by atoms with Gasteiger partial charge in [0.2, 0.25) is 0 Å². The highest BCUT2D eigenvalue weighted by Crippen LogP contribution is 1.99. The molecule has 0 aliphatic carbocycles. The van der Waals surface area contributed by atoms with Gasteiger partial charge in [0.15, 0.2) is 0 Å². The molecule has 0 saturated carbocycles. The molecule has 1 N–H and O–H groups in total. The Hall–Kier alpha value is -0.340. The Morgan fingerprint density at radius 3 is 2.58 bits per heavy atom. The second kappa shape index (κ2) is 7.32. The summed E-state index contributed by atoms with van der Waals surface area (Å²) < 4.78 is 5.03. The summed E-state index contributed by atoms with van der Waals surface area (Å²) in [7, 11) is 1.74. The van der Waals surface area contributed by atoms with Crippen molar-refractivity contribution in [1.82, 2.24) is 5.32 Å². The summed E-state index contributed by atoms with van der Waals surface area (Å²) in [6.45, 7) is 8.20. The van der Waals surface area contributed by atoms with Gasteiger partial charge in [-0.3, -0.25) is 0 Å². The van der Waals surface area contributed by atoms with Crippen LogP contribution in [0.1, 0.15) is 27.2 Å². The van der Waals surface area contributed by atoms with Gasteiger partial charge in [-0.25, -0.2) is 0 Å². The van der Waals surface area contributed by atoms with Crippen molar-refractivity contribution < 1.29 is 4.74 Å². The van der Waals surface area contributed by atoms with E-state index in [0.717, 1.165) is 19.6 Å². The molecule has 0 spiro atoms. The number of hydrogen-bond donors (Lipinski definition) is 1. The van der Waals surface area contributed by atoms with Crippen LogP contribution < -0.4 is 5.32 Å². The van der Waals surface area contributed by atoms with Crippen LogP contribution in [0.5, 0.6) is 0 Å². The molecule has 0 saturated heterocycles. The molecule has 0 aliphatic heterocycles. The Kier molecular flexibility index (Phi) is 7.11. The first-order valence-electron chi connectivity index (χ1n) is 4.58. The van der Waals surface area contributed by atoms with Gasteiger partial charge in [-0.15, -0.1) is 0 Å². The molecule has 0 aromatic heterocycles. The van der Waals surface area contributed by atoms with E-state index >= 15 is 0 Å². The van der Waals surface area contributed by atoms with Gasteiger partial charge >= 0.3 is 0 Å². The smallest absolute Gasteiger partial charge is 0.0480 e. The van der Waals surface area contributed by atoms with Gasteiger partial charge in [-0.1, -0.05) is 18.6 Å². The maximum absolute atomic E-state index is 5.03. The van der Waals surface area contributed by atoms with Crippen LogP contribution in [0.2, 0.25) is 0 Å². The van der Waals surface area contributed by atoms with Crippen molar-refractivity contribution in [3.8, 4) is 0 Å². The fraction of sp³-hybridized carbons (Fsp3) is 0.800. The van der Waals surface area contributed by atoms with E-state index in [9.17, 15) is 0 Å². The molecular weight excluding hydrogens is 150 g/mol. The molecule has 0 aliphatic rings. The molecule has 1 unspecified atom stereocenters. The average Bonchev–Trinajstić information content (AvgIpc) is 2.00.